The Bertz CT molecular complexity index is 562. The molecule has 0 saturated heterocycles. The van der Waals surface area contributed by atoms with E-state index >= 15 is 0 Å². The molecule has 0 spiro atoms. The van der Waals surface area contributed by atoms with Crippen molar-refractivity contribution in [3.05, 3.63) is 39.4 Å². The molecule has 15 heavy (non-hydrogen) atoms. The Balaban J connectivity index is 2.80. The molecule has 0 aliphatic carbocycles. The summed E-state index contributed by atoms with van der Waals surface area (Å²) in [7, 11) is 0. The summed E-state index contributed by atoms with van der Waals surface area (Å²) < 4.78 is 2.32. The van der Waals surface area contributed by atoms with E-state index in [1.54, 1.807) is 13.0 Å². The number of fused-ring (bicyclic) bond motifs is 1. The summed E-state index contributed by atoms with van der Waals surface area (Å²) in [6.45, 7) is 1.74. The Kier molecular flexibility index (Phi) is 2.58. The molecule has 78 valence electrons. The van der Waals surface area contributed by atoms with Crippen LogP contribution in [0.2, 0.25) is 0 Å². The van der Waals surface area contributed by atoms with Crippen LogP contribution in [0.15, 0.2) is 33.8 Å². The standard InChI is InChI=1S/C10H10BrN3O/c1-6(12)14-5-13-9-4-7(11)2-3-8(9)10(14)15/h2-6H,12H2,1H3. The van der Waals surface area contributed by atoms with Crippen LogP contribution in [0.4, 0.5) is 0 Å². The van der Waals surface area contributed by atoms with E-state index in [2.05, 4.69) is 20.9 Å². The molecule has 4 nitrogen and oxygen atoms in total. The number of rotatable bonds is 1. The minimum Gasteiger partial charge on any atom is -0.311 e. The van der Waals surface area contributed by atoms with Gasteiger partial charge in [-0.15, -0.1) is 0 Å². The average Bonchev–Trinajstić information content (AvgIpc) is 2.17. The predicted octanol–water partition coefficient (Wildman–Crippen LogP) is 1.64. The Labute approximate surface area is 94.9 Å². The van der Waals surface area contributed by atoms with Crippen molar-refractivity contribution in [3.63, 3.8) is 0 Å². The lowest BCUT2D eigenvalue weighted by atomic mass is 10.2. The molecule has 0 amide bonds. The van der Waals surface area contributed by atoms with Gasteiger partial charge in [0.05, 0.1) is 23.4 Å². The first-order valence-electron chi connectivity index (χ1n) is 4.51. The number of nitrogens with zero attached hydrogens (tertiary/aromatic N) is 2. The second-order valence-corrected chi connectivity index (χ2v) is 4.27. The van der Waals surface area contributed by atoms with Crippen LogP contribution in [0.5, 0.6) is 0 Å². The lowest BCUT2D eigenvalue weighted by Gasteiger charge is -2.09. The lowest BCUT2D eigenvalue weighted by molar-refractivity contribution is 0.547. The van der Waals surface area contributed by atoms with Gasteiger partial charge in [-0.3, -0.25) is 9.36 Å². The first-order valence-corrected chi connectivity index (χ1v) is 5.31. The van der Waals surface area contributed by atoms with Crippen molar-refractivity contribution in [2.45, 2.75) is 13.1 Å². The molecule has 0 bridgehead atoms. The van der Waals surface area contributed by atoms with Crippen molar-refractivity contribution < 1.29 is 0 Å². The van der Waals surface area contributed by atoms with Crippen molar-refractivity contribution in [1.82, 2.24) is 9.55 Å². The van der Waals surface area contributed by atoms with Crippen LogP contribution >= 0.6 is 15.9 Å². The largest absolute Gasteiger partial charge is 0.311 e. The number of nitrogens with two attached hydrogens (primary N) is 1. The maximum Gasteiger partial charge on any atom is 0.262 e. The predicted molar refractivity (Wildman–Crippen MR) is 62.6 cm³/mol. The van der Waals surface area contributed by atoms with Gasteiger partial charge in [-0.25, -0.2) is 4.98 Å². The van der Waals surface area contributed by atoms with E-state index in [1.807, 2.05) is 12.1 Å². The normalized spacial score (nSPS) is 13.0. The van der Waals surface area contributed by atoms with Crippen LogP contribution in [0, 0.1) is 0 Å². The van der Waals surface area contributed by atoms with E-state index in [0.29, 0.717) is 10.9 Å². The summed E-state index contributed by atoms with van der Waals surface area (Å²) in [6.07, 6.45) is 1.11. The van der Waals surface area contributed by atoms with Gasteiger partial charge >= 0.3 is 0 Å². The number of aromatic nitrogens is 2. The first kappa shape index (κ1) is 10.3. The van der Waals surface area contributed by atoms with E-state index in [-0.39, 0.29) is 11.7 Å². The Morgan fingerprint density at radius 3 is 2.93 bits per heavy atom. The highest BCUT2D eigenvalue weighted by Crippen LogP contribution is 2.15. The fourth-order valence-electron chi connectivity index (χ4n) is 1.40. The van der Waals surface area contributed by atoms with E-state index in [9.17, 15) is 4.79 Å². The van der Waals surface area contributed by atoms with Crippen molar-refractivity contribution in [2.75, 3.05) is 0 Å². The summed E-state index contributed by atoms with van der Waals surface area (Å²) in [4.78, 5) is 16.1. The maximum absolute atomic E-state index is 11.9. The van der Waals surface area contributed by atoms with Crippen molar-refractivity contribution >= 4 is 26.8 Å². The summed E-state index contributed by atoms with van der Waals surface area (Å²) in [6, 6.07) is 5.37. The third-order valence-corrected chi connectivity index (χ3v) is 2.68. The zero-order valence-corrected chi connectivity index (χ0v) is 9.73. The number of hydrogen-bond donors (Lipinski definition) is 1. The summed E-state index contributed by atoms with van der Waals surface area (Å²) in [5.74, 6) is 0. The lowest BCUT2D eigenvalue weighted by Crippen LogP contribution is -2.28. The van der Waals surface area contributed by atoms with Crippen molar-refractivity contribution in [3.8, 4) is 0 Å². The van der Waals surface area contributed by atoms with Gasteiger partial charge in [0.25, 0.3) is 5.56 Å². The third-order valence-electron chi connectivity index (χ3n) is 2.18. The second-order valence-electron chi connectivity index (χ2n) is 3.36. The van der Waals surface area contributed by atoms with E-state index in [4.69, 9.17) is 5.73 Å². The van der Waals surface area contributed by atoms with Gasteiger partial charge in [-0.2, -0.15) is 0 Å². The molecule has 1 heterocycles. The zero-order valence-electron chi connectivity index (χ0n) is 8.14. The minimum absolute atomic E-state index is 0.109. The molecule has 2 N–H and O–H groups in total. The van der Waals surface area contributed by atoms with Gasteiger partial charge in [0, 0.05) is 4.47 Å². The summed E-state index contributed by atoms with van der Waals surface area (Å²) in [5, 5.41) is 0.581. The maximum atomic E-state index is 11.9. The molecule has 2 rings (SSSR count). The molecule has 1 atom stereocenters. The van der Waals surface area contributed by atoms with E-state index in [1.165, 1.54) is 10.9 Å². The van der Waals surface area contributed by atoms with Gasteiger partial charge in [-0.05, 0) is 25.1 Å². The second kappa shape index (κ2) is 3.75. The van der Waals surface area contributed by atoms with Crippen LogP contribution in [0.3, 0.4) is 0 Å². The van der Waals surface area contributed by atoms with Crippen LogP contribution in [-0.2, 0) is 0 Å². The summed E-state index contributed by atoms with van der Waals surface area (Å²) in [5.41, 5.74) is 6.21. The van der Waals surface area contributed by atoms with E-state index < -0.39 is 0 Å². The van der Waals surface area contributed by atoms with Crippen LogP contribution in [0.25, 0.3) is 10.9 Å². The molecule has 0 radical (unpaired) electrons. The van der Waals surface area contributed by atoms with Gasteiger partial charge in [-0.1, -0.05) is 15.9 Å². The topological polar surface area (TPSA) is 60.9 Å². The average molecular weight is 268 g/mol. The molecule has 0 saturated carbocycles. The van der Waals surface area contributed by atoms with Crippen LogP contribution in [0.1, 0.15) is 13.1 Å². The van der Waals surface area contributed by atoms with Gasteiger partial charge in [0.15, 0.2) is 0 Å². The number of hydrogen-bond acceptors (Lipinski definition) is 3. The SMILES string of the molecule is CC(N)n1cnc2cc(Br)ccc2c1=O. The van der Waals surface area contributed by atoms with Gasteiger partial charge in [0.2, 0.25) is 0 Å². The van der Waals surface area contributed by atoms with Gasteiger partial charge < -0.3 is 5.73 Å². The smallest absolute Gasteiger partial charge is 0.262 e. The zero-order chi connectivity index (χ0) is 11.0. The highest BCUT2D eigenvalue weighted by atomic mass is 79.9. The fourth-order valence-corrected chi connectivity index (χ4v) is 1.75. The molecule has 1 aromatic carbocycles. The fraction of sp³-hybridized carbons (Fsp3) is 0.200. The Hall–Kier alpha value is -1.20. The monoisotopic (exact) mass is 267 g/mol. The summed E-state index contributed by atoms with van der Waals surface area (Å²) >= 11 is 3.33. The molecule has 0 aliphatic rings. The van der Waals surface area contributed by atoms with E-state index in [0.717, 1.165) is 4.47 Å². The van der Waals surface area contributed by atoms with Gasteiger partial charge in [0.1, 0.15) is 0 Å². The molecule has 1 aromatic heterocycles. The van der Waals surface area contributed by atoms with Crippen molar-refractivity contribution in [2.24, 2.45) is 5.73 Å². The van der Waals surface area contributed by atoms with Crippen LogP contribution in [-0.4, -0.2) is 9.55 Å². The Morgan fingerprint density at radius 2 is 2.27 bits per heavy atom. The van der Waals surface area contributed by atoms with Crippen LogP contribution < -0.4 is 11.3 Å². The first-order chi connectivity index (χ1) is 7.09. The molecular formula is C10H10BrN3O. The molecule has 0 fully saturated rings. The third kappa shape index (κ3) is 1.80. The molecule has 5 heteroatoms. The Morgan fingerprint density at radius 1 is 1.53 bits per heavy atom. The minimum atomic E-state index is -0.363. The number of halogens is 1. The number of benzene rings is 1. The quantitative estimate of drug-likeness (QED) is 0.855. The van der Waals surface area contributed by atoms with Crippen molar-refractivity contribution in [1.29, 1.82) is 0 Å². The molecule has 2 aromatic rings. The highest BCUT2D eigenvalue weighted by Gasteiger charge is 2.06. The molecular weight excluding hydrogens is 258 g/mol. The highest BCUT2D eigenvalue weighted by molar-refractivity contribution is 9.10. The molecule has 1 unspecified atom stereocenters. The molecule has 0 aliphatic heterocycles.